The van der Waals surface area contributed by atoms with Crippen LogP contribution in [-0.2, 0) is 10.8 Å². The summed E-state index contributed by atoms with van der Waals surface area (Å²) in [4.78, 5) is 13.0. The molecular weight excluding hydrogens is 324 g/mol. The van der Waals surface area contributed by atoms with Gasteiger partial charge in [0.1, 0.15) is 6.07 Å². The highest BCUT2D eigenvalue weighted by molar-refractivity contribution is 7.84. The van der Waals surface area contributed by atoms with Crippen molar-refractivity contribution >= 4 is 28.2 Å². The maximum atomic E-state index is 12.7. The second kappa shape index (κ2) is 5.67. The predicted octanol–water partition coefficient (Wildman–Crippen LogP) is 3.05. The molecule has 2 aromatic rings. The van der Waals surface area contributed by atoms with Crippen molar-refractivity contribution < 1.29 is 13.5 Å². The highest BCUT2D eigenvalue weighted by atomic mass is 35.5. The summed E-state index contributed by atoms with van der Waals surface area (Å²) in [5, 5.41) is 12.9. The van der Waals surface area contributed by atoms with Crippen molar-refractivity contribution in [2.24, 2.45) is 0 Å². The van der Waals surface area contributed by atoms with Crippen molar-refractivity contribution in [2.45, 2.75) is 23.7 Å². The standard InChI is InChI=1S/C15H11ClN2O3S/c1-22(20)12-5-4-9(13(16)10(12)6-17)14(19)11-7-18-21-15(11)8-2-3-8/h4-5,7-8H,2-3H2,1H3. The average Bonchev–Trinajstić information content (AvgIpc) is 3.23. The summed E-state index contributed by atoms with van der Waals surface area (Å²) in [7, 11) is -1.36. The molecule has 0 amide bonds. The Morgan fingerprint density at radius 1 is 1.45 bits per heavy atom. The Balaban J connectivity index is 2.08. The van der Waals surface area contributed by atoms with E-state index in [1.54, 1.807) is 0 Å². The number of halogens is 1. The summed E-state index contributed by atoms with van der Waals surface area (Å²) >= 11 is 6.19. The van der Waals surface area contributed by atoms with Crippen LogP contribution in [0.4, 0.5) is 0 Å². The molecule has 0 saturated heterocycles. The quantitative estimate of drug-likeness (QED) is 0.802. The van der Waals surface area contributed by atoms with Crippen LogP contribution in [0.1, 0.15) is 46.0 Å². The van der Waals surface area contributed by atoms with Crippen molar-refractivity contribution in [3.05, 3.63) is 45.8 Å². The normalized spacial score (nSPS) is 15.3. The second-order valence-electron chi connectivity index (χ2n) is 5.07. The molecule has 0 N–H and O–H groups in total. The molecule has 0 aliphatic heterocycles. The topological polar surface area (TPSA) is 84.0 Å². The van der Waals surface area contributed by atoms with Gasteiger partial charge in [0, 0.05) is 17.7 Å². The summed E-state index contributed by atoms with van der Waals surface area (Å²) in [5.41, 5.74) is 0.633. The van der Waals surface area contributed by atoms with Crippen LogP contribution in [0.2, 0.25) is 5.02 Å². The first-order valence-corrected chi connectivity index (χ1v) is 8.53. The first-order valence-electron chi connectivity index (χ1n) is 6.60. The number of carbonyl (C=O) groups excluding carboxylic acids is 1. The van der Waals surface area contributed by atoms with Crippen molar-refractivity contribution in [1.82, 2.24) is 5.16 Å². The molecule has 7 heteroatoms. The molecule has 0 radical (unpaired) electrons. The SMILES string of the molecule is CS(=O)c1ccc(C(=O)c2cnoc2C2CC2)c(Cl)c1C#N. The van der Waals surface area contributed by atoms with Gasteiger partial charge in [0.2, 0.25) is 0 Å². The summed E-state index contributed by atoms with van der Waals surface area (Å²) < 4.78 is 16.8. The van der Waals surface area contributed by atoms with Crippen molar-refractivity contribution in [1.29, 1.82) is 5.26 Å². The Morgan fingerprint density at radius 3 is 2.77 bits per heavy atom. The van der Waals surface area contributed by atoms with Gasteiger partial charge in [-0.2, -0.15) is 5.26 Å². The zero-order chi connectivity index (χ0) is 15.9. The van der Waals surface area contributed by atoms with Crippen LogP contribution in [0.25, 0.3) is 0 Å². The lowest BCUT2D eigenvalue weighted by Crippen LogP contribution is -2.06. The van der Waals surface area contributed by atoms with Crippen LogP contribution in [0.5, 0.6) is 0 Å². The predicted molar refractivity (Wildman–Crippen MR) is 80.4 cm³/mol. The van der Waals surface area contributed by atoms with Crippen LogP contribution in [0, 0.1) is 11.3 Å². The smallest absolute Gasteiger partial charge is 0.199 e. The fraction of sp³-hybridized carbons (Fsp3) is 0.267. The minimum absolute atomic E-state index is 0.0168. The monoisotopic (exact) mass is 334 g/mol. The van der Waals surface area contributed by atoms with E-state index in [-0.39, 0.29) is 27.9 Å². The molecule has 1 saturated carbocycles. The van der Waals surface area contributed by atoms with Crippen molar-refractivity contribution in [2.75, 3.05) is 6.26 Å². The Hall–Kier alpha value is -1.97. The van der Waals surface area contributed by atoms with Gasteiger partial charge in [-0.3, -0.25) is 9.00 Å². The molecule has 1 aliphatic rings. The van der Waals surface area contributed by atoms with Crippen molar-refractivity contribution in [3.63, 3.8) is 0 Å². The molecule has 1 heterocycles. The number of ketones is 1. The first-order chi connectivity index (χ1) is 10.5. The van der Waals surface area contributed by atoms with Gasteiger partial charge in [-0.15, -0.1) is 0 Å². The number of benzene rings is 1. The van der Waals surface area contributed by atoms with E-state index < -0.39 is 10.8 Å². The molecule has 1 fully saturated rings. The Bertz CT molecular complexity index is 834. The van der Waals surface area contributed by atoms with Crippen molar-refractivity contribution in [3.8, 4) is 6.07 Å². The maximum absolute atomic E-state index is 12.7. The van der Waals surface area contributed by atoms with Gasteiger partial charge in [-0.05, 0) is 25.0 Å². The third kappa shape index (κ3) is 2.47. The number of hydrogen-bond acceptors (Lipinski definition) is 5. The number of hydrogen-bond donors (Lipinski definition) is 0. The lowest BCUT2D eigenvalue weighted by atomic mass is 10.0. The van der Waals surface area contributed by atoms with E-state index in [2.05, 4.69) is 5.16 Å². The van der Waals surface area contributed by atoms with Gasteiger partial charge in [0.15, 0.2) is 11.5 Å². The third-order valence-corrected chi connectivity index (χ3v) is 4.91. The fourth-order valence-corrected chi connectivity index (χ4v) is 3.33. The van der Waals surface area contributed by atoms with Gasteiger partial charge in [-0.1, -0.05) is 16.8 Å². The summed E-state index contributed by atoms with van der Waals surface area (Å²) in [6, 6.07) is 4.91. The number of carbonyl (C=O) groups is 1. The molecular formula is C15H11ClN2O3S. The number of aromatic nitrogens is 1. The van der Waals surface area contributed by atoms with E-state index in [1.807, 2.05) is 6.07 Å². The van der Waals surface area contributed by atoms with E-state index >= 15 is 0 Å². The van der Waals surface area contributed by atoms with Gasteiger partial charge in [0.05, 0.1) is 38.0 Å². The van der Waals surface area contributed by atoms with Crippen LogP contribution >= 0.6 is 11.6 Å². The largest absolute Gasteiger partial charge is 0.360 e. The second-order valence-corrected chi connectivity index (χ2v) is 6.80. The van der Waals surface area contributed by atoms with Crippen LogP contribution in [-0.4, -0.2) is 21.4 Å². The molecule has 3 rings (SSSR count). The van der Waals surface area contributed by atoms with Crippen LogP contribution in [0.15, 0.2) is 27.7 Å². The zero-order valence-corrected chi connectivity index (χ0v) is 13.2. The molecule has 1 aliphatic carbocycles. The molecule has 1 aromatic heterocycles. The van der Waals surface area contributed by atoms with E-state index in [4.69, 9.17) is 16.1 Å². The Labute approximate surface area is 134 Å². The van der Waals surface area contributed by atoms with E-state index in [9.17, 15) is 14.3 Å². The molecule has 0 bridgehead atoms. The molecule has 1 unspecified atom stereocenters. The van der Waals surface area contributed by atoms with Crippen LogP contribution < -0.4 is 0 Å². The minimum Gasteiger partial charge on any atom is -0.360 e. The Kier molecular flexibility index (Phi) is 3.85. The Morgan fingerprint density at radius 2 is 2.18 bits per heavy atom. The van der Waals surface area contributed by atoms with E-state index in [0.29, 0.717) is 16.2 Å². The summed E-state index contributed by atoms with van der Waals surface area (Å²) in [6.45, 7) is 0. The third-order valence-electron chi connectivity index (χ3n) is 3.56. The van der Waals surface area contributed by atoms with Gasteiger partial charge in [-0.25, -0.2) is 0 Å². The lowest BCUT2D eigenvalue weighted by molar-refractivity contribution is 0.103. The van der Waals surface area contributed by atoms with Gasteiger partial charge in [0.25, 0.3) is 0 Å². The van der Waals surface area contributed by atoms with E-state index in [1.165, 1.54) is 24.6 Å². The maximum Gasteiger partial charge on any atom is 0.199 e. The number of rotatable bonds is 4. The highest BCUT2D eigenvalue weighted by Gasteiger charge is 2.33. The molecule has 1 atom stereocenters. The molecule has 22 heavy (non-hydrogen) atoms. The zero-order valence-electron chi connectivity index (χ0n) is 11.6. The summed E-state index contributed by atoms with van der Waals surface area (Å²) in [6.07, 6.45) is 4.78. The molecule has 0 spiro atoms. The van der Waals surface area contributed by atoms with Gasteiger partial charge < -0.3 is 4.52 Å². The van der Waals surface area contributed by atoms with E-state index in [0.717, 1.165) is 12.8 Å². The average molecular weight is 335 g/mol. The number of nitriles is 1. The van der Waals surface area contributed by atoms with Gasteiger partial charge >= 0.3 is 0 Å². The van der Waals surface area contributed by atoms with Crippen LogP contribution in [0.3, 0.4) is 0 Å². The fourth-order valence-electron chi connectivity index (χ4n) is 2.28. The number of nitrogens with zero attached hydrogens (tertiary/aromatic N) is 2. The lowest BCUT2D eigenvalue weighted by Gasteiger charge is -2.07. The first kappa shape index (κ1) is 14.9. The molecule has 5 nitrogen and oxygen atoms in total. The molecule has 112 valence electrons. The minimum atomic E-state index is -1.36. The molecule has 1 aromatic carbocycles. The highest BCUT2D eigenvalue weighted by Crippen LogP contribution is 2.42. The summed E-state index contributed by atoms with van der Waals surface area (Å²) in [5.74, 6) is 0.471.